The van der Waals surface area contributed by atoms with Gasteiger partial charge in [0.05, 0.1) is 0 Å². The smallest absolute Gasteiger partial charge is 0.0128 e. The Hall–Kier alpha value is 0.220. The summed E-state index contributed by atoms with van der Waals surface area (Å²) < 4.78 is 0. The van der Waals surface area contributed by atoms with E-state index in [0.29, 0.717) is 16.7 Å². The average Bonchev–Trinajstić information content (AvgIpc) is 1.77. The van der Waals surface area contributed by atoms with Crippen LogP contribution in [0, 0.1) is 16.7 Å². The molecule has 1 heteroatoms. The fraction of sp³-hybridized carbons (Fsp3) is 0.818. The van der Waals surface area contributed by atoms with E-state index in [1.165, 1.54) is 0 Å². The molecule has 0 fully saturated rings. The molecule has 0 atom stereocenters. The zero-order valence-corrected chi connectivity index (χ0v) is 10.7. The lowest BCUT2D eigenvalue weighted by Crippen LogP contribution is -2.30. The highest BCUT2D eigenvalue weighted by Crippen LogP contribution is 2.40. The minimum atomic E-state index is 0.336. The van der Waals surface area contributed by atoms with Crippen LogP contribution in [0.2, 0.25) is 0 Å². The molecule has 0 aliphatic rings. The molecule has 0 aromatic carbocycles. The zero-order chi connectivity index (χ0) is 9.99. The second-order valence-electron chi connectivity index (χ2n) is 5.53. The van der Waals surface area contributed by atoms with Gasteiger partial charge in [-0.15, -0.1) is 0 Å². The first-order valence-corrected chi connectivity index (χ1v) is 5.38. The van der Waals surface area contributed by atoms with E-state index in [0.717, 1.165) is 0 Å². The van der Waals surface area contributed by atoms with Gasteiger partial charge >= 0.3 is 0 Å². The Kier molecular flexibility index (Phi) is 4.02. The van der Waals surface area contributed by atoms with Gasteiger partial charge in [-0.25, -0.2) is 0 Å². The maximum atomic E-state index is 3.35. The summed E-state index contributed by atoms with van der Waals surface area (Å²) >= 11 is 3.35. The largest absolute Gasteiger partial charge is 0.0734 e. The maximum absolute atomic E-state index is 3.35. The highest BCUT2D eigenvalue weighted by atomic mass is 79.9. The number of halogens is 1. The van der Waals surface area contributed by atoms with E-state index in [4.69, 9.17) is 0 Å². The van der Waals surface area contributed by atoms with Gasteiger partial charge < -0.3 is 0 Å². The van der Waals surface area contributed by atoms with E-state index in [9.17, 15) is 0 Å². The molecule has 0 saturated carbocycles. The van der Waals surface area contributed by atoms with Crippen molar-refractivity contribution < 1.29 is 0 Å². The molecule has 0 spiro atoms. The molecule has 0 amide bonds. The van der Waals surface area contributed by atoms with Gasteiger partial charge in [-0.05, 0) is 21.7 Å². The van der Waals surface area contributed by atoms with Crippen LogP contribution in [-0.4, -0.2) is 0 Å². The second kappa shape index (κ2) is 3.95. The Balaban J connectivity index is 4.69. The van der Waals surface area contributed by atoms with E-state index in [1.54, 1.807) is 0 Å². The molecule has 0 aromatic heterocycles. The molecule has 0 nitrogen and oxygen atoms in total. The Morgan fingerprint density at radius 1 is 0.917 bits per heavy atom. The molecule has 72 valence electrons. The predicted octanol–water partition coefficient (Wildman–Crippen LogP) is 4.60. The van der Waals surface area contributed by atoms with Crippen LogP contribution in [0.25, 0.3) is 0 Å². The Labute approximate surface area is 85.6 Å². The first-order valence-electron chi connectivity index (χ1n) is 4.46. The minimum Gasteiger partial charge on any atom is -0.0734 e. The molecule has 0 bridgehead atoms. The quantitative estimate of drug-likeness (QED) is 0.620. The van der Waals surface area contributed by atoms with Crippen molar-refractivity contribution in [2.45, 2.75) is 41.5 Å². The van der Waals surface area contributed by atoms with E-state index in [1.807, 2.05) is 4.99 Å². The third-order valence-corrected chi connectivity index (χ3v) is 2.44. The first kappa shape index (κ1) is 12.2. The fourth-order valence-corrected chi connectivity index (χ4v) is 2.25. The Bertz CT molecular complexity index is 141. The molecule has 0 aromatic rings. The van der Waals surface area contributed by atoms with E-state index >= 15 is 0 Å². The van der Waals surface area contributed by atoms with Crippen molar-refractivity contribution in [2.24, 2.45) is 16.7 Å². The van der Waals surface area contributed by atoms with Gasteiger partial charge in [-0.3, -0.25) is 0 Å². The SMILES string of the molecule is CC(C)(C)C(C=CBr)C(C)(C)C. The van der Waals surface area contributed by atoms with Crippen molar-refractivity contribution in [2.75, 3.05) is 0 Å². The van der Waals surface area contributed by atoms with Crippen molar-refractivity contribution in [1.82, 2.24) is 0 Å². The molecule has 0 aliphatic heterocycles. The van der Waals surface area contributed by atoms with Crippen LogP contribution in [0.4, 0.5) is 0 Å². The van der Waals surface area contributed by atoms with Gasteiger partial charge in [-0.1, -0.05) is 63.5 Å². The third kappa shape index (κ3) is 3.75. The molecule has 0 saturated heterocycles. The molecular weight excluding hydrogens is 212 g/mol. The lowest BCUT2D eigenvalue weighted by Gasteiger charge is -2.38. The topological polar surface area (TPSA) is 0 Å². The second-order valence-corrected chi connectivity index (χ2v) is 6.06. The van der Waals surface area contributed by atoms with E-state index < -0.39 is 0 Å². The van der Waals surface area contributed by atoms with Gasteiger partial charge in [0.15, 0.2) is 0 Å². The number of hydrogen-bond donors (Lipinski definition) is 0. The van der Waals surface area contributed by atoms with Crippen LogP contribution in [0.15, 0.2) is 11.1 Å². The summed E-state index contributed by atoms with van der Waals surface area (Å²) in [5, 5.41) is 0. The monoisotopic (exact) mass is 232 g/mol. The molecular formula is C11H21Br. The minimum absolute atomic E-state index is 0.336. The maximum Gasteiger partial charge on any atom is -0.0128 e. The molecule has 0 rings (SSSR count). The molecule has 0 radical (unpaired) electrons. The van der Waals surface area contributed by atoms with Crippen LogP contribution in [0.3, 0.4) is 0 Å². The van der Waals surface area contributed by atoms with E-state index in [-0.39, 0.29) is 0 Å². The number of rotatable bonds is 1. The van der Waals surface area contributed by atoms with Crippen LogP contribution >= 0.6 is 15.9 Å². The lowest BCUT2D eigenvalue weighted by molar-refractivity contribution is 0.149. The van der Waals surface area contributed by atoms with Crippen LogP contribution < -0.4 is 0 Å². The van der Waals surface area contributed by atoms with Crippen molar-refractivity contribution in [3.63, 3.8) is 0 Å². The molecule has 0 aliphatic carbocycles. The van der Waals surface area contributed by atoms with Gasteiger partial charge in [0.25, 0.3) is 0 Å². The fourth-order valence-electron chi connectivity index (χ4n) is 1.95. The summed E-state index contributed by atoms with van der Waals surface area (Å²) in [7, 11) is 0. The summed E-state index contributed by atoms with van der Waals surface area (Å²) in [6.45, 7) is 13.7. The molecule has 0 unspecified atom stereocenters. The average molecular weight is 233 g/mol. The predicted molar refractivity (Wildman–Crippen MR) is 60.5 cm³/mol. The van der Waals surface area contributed by atoms with Crippen molar-refractivity contribution in [1.29, 1.82) is 0 Å². The lowest BCUT2D eigenvalue weighted by atomic mass is 9.67. The van der Waals surface area contributed by atoms with Gasteiger partial charge in [0, 0.05) is 0 Å². The summed E-state index contributed by atoms with van der Waals surface area (Å²) in [4.78, 5) is 1.98. The van der Waals surface area contributed by atoms with Gasteiger partial charge in [0.2, 0.25) is 0 Å². The van der Waals surface area contributed by atoms with Crippen LogP contribution in [-0.2, 0) is 0 Å². The third-order valence-electron chi connectivity index (χ3n) is 2.13. The standard InChI is InChI=1S/C11H21Br/c1-10(2,3)9(7-8-12)11(4,5)6/h7-9H,1-6H3. The highest BCUT2D eigenvalue weighted by molar-refractivity contribution is 9.11. The van der Waals surface area contributed by atoms with Crippen molar-refractivity contribution in [3.05, 3.63) is 11.1 Å². The van der Waals surface area contributed by atoms with Crippen LogP contribution in [0.1, 0.15) is 41.5 Å². The van der Waals surface area contributed by atoms with E-state index in [2.05, 4.69) is 63.5 Å². The summed E-state index contributed by atoms with van der Waals surface area (Å²) in [5.41, 5.74) is 0.672. The summed E-state index contributed by atoms with van der Waals surface area (Å²) in [5.74, 6) is 0.601. The Morgan fingerprint density at radius 3 is 1.33 bits per heavy atom. The molecule has 0 heterocycles. The number of hydrogen-bond acceptors (Lipinski definition) is 0. The molecule has 0 N–H and O–H groups in total. The van der Waals surface area contributed by atoms with Gasteiger partial charge in [-0.2, -0.15) is 0 Å². The van der Waals surface area contributed by atoms with Crippen molar-refractivity contribution in [3.8, 4) is 0 Å². The normalized spacial score (nSPS) is 14.7. The number of allylic oxidation sites excluding steroid dienone is 1. The zero-order valence-electron chi connectivity index (χ0n) is 9.11. The Morgan fingerprint density at radius 2 is 1.25 bits per heavy atom. The first-order chi connectivity index (χ1) is 5.19. The van der Waals surface area contributed by atoms with Gasteiger partial charge in [0.1, 0.15) is 0 Å². The summed E-state index contributed by atoms with van der Waals surface area (Å²) in [6, 6.07) is 0. The molecule has 12 heavy (non-hydrogen) atoms. The highest BCUT2D eigenvalue weighted by Gasteiger charge is 2.32. The van der Waals surface area contributed by atoms with Crippen molar-refractivity contribution >= 4 is 15.9 Å². The summed E-state index contributed by atoms with van der Waals surface area (Å²) in [6.07, 6.45) is 2.25. The van der Waals surface area contributed by atoms with Crippen LogP contribution in [0.5, 0.6) is 0 Å².